The van der Waals surface area contributed by atoms with Crippen LogP contribution in [0.3, 0.4) is 0 Å². The number of hydrogen-bond acceptors (Lipinski definition) is 5. The number of piperazine rings is 1. The van der Waals surface area contributed by atoms with Crippen molar-refractivity contribution in [3.63, 3.8) is 0 Å². The van der Waals surface area contributed by atoms with E-state index in [0.29, 0.717) is 18.1 Å². The quantitative estimate of drug-likeness (QED) is 0.423. The van der Waals surface area contributed by atoms with Crippen molar-refractivity contribution in [3.05, 3.63) is 70.2 Å². The van der Waals surface area contributed by atoms with Gasteiger partial charge in [-0.1, -0.05) is 23.7 Å². The lowest BCUT2D eigenvalue weighted by Crippen LogP contribution is -2.48. The van der Waals surface area contributed by atoms with E-state index in [1.54, 1.807) is 7.11 Å². The van der Waals surface area contributed by atoms with E-state index >= 15 is 0 Å². The van der Waals surface area contributed by atoms with Gasteiger partial charge in [0, 0.05) is 37.3 Å². The van der Waals surface area contributed by atoms with Crippen LogP contribution in [0, 0.1) is 6.92 Å². The highest BCUT2D eigenvalue weighted by Gasteiger charge is 2.25. The molecule has 6 nitrogen and oxygen atoms in total. The molecule has 1 amide bonds. The number of methoxy groups -OCH3 is 1. The molecular formula is C24H23ClN4O2S. The number of halogens is 1. The van der Waals surface area contributed by atoms with Crippen LogP contribution in [0.4, 0.5) is 5.69 Å². The van der Waals surface area contributed by atoms with Crippen molar-refractivity contribution in [3.8, 4) is 11.4 Å². The second-order valence-corrected chi connectivity index (χ2v) is 9.19. The summed E-state index contributed by atoms with van der Waals surface area (Å²) in [5.41, 5.74) is 2.86. The third-order valence-electron chi connectivity index (χ3n) is 5.84. The van der Waals surface area contributed by atoms with Crippen molar-refractivity contribution >= 4 is 44.7 Å². The Hall–Kier alpha value is -3.03. The van der Waals surface area contributed by atoms with Gasteiger partial charge in [0.15, 0.2) is 0 Å². The molecule has 0 aliphatic carbocycles. The normalized spacial score (nSPS) is 14.2. The van der Waals surface area contributed by atoms with E-state index in [-0.39, 0.29) is 5.91 Å². The van der Waals surface area contributed by atoms with Crippen molar-refractivity contribution in [1.82, 2.24) is 14.7 Å². The monoisotopic (exact) mass is 466 g/mol. The number of carbonyl (C=O) groups is 1. The van der Waals surface area contributed by atoms with Gasteiger partial charge in [-0.15, -0.1) is 11.3 Å². The van der Waals surface area contributed by atoms with Crippen molar-refractivity contribution < 1.29 is 9.53 Å². The summed E-state index contributed by atoms with van der Waals surface area (Å²) in [4.78, 5) is 19.2. The predicted molar refractivity (Wildman–Crippen MR) is 130 cm³/mol. The topological polar surface area (TPSA) is 50.6 Å². The highest BCUT2D eigenvalue weighted by Crippen LogP contribution is 2.33. The summed E-state index contributed by atoms with van der Waals surface area (Å²) < 4.78 is 7.08. The minimum atomic E-state index is 0.0747. The number of amides is 1. The Kier molecular flexibility index (Phi) is 5.53. The zero-order chi connectivity index (χ0) is 22.2. The van der Waals surface area contributed by atoms with Crippen molar-refractivity contribution in [2.45, 2.75) is 6.92 Å². The molecule has 2 aromatic carbocycles. The molecule has 0 unspecified atom stereocenters. The first-order chi connectivity index (χ1) is 15.5. The van der Waals surface area contributed by atoms with E-state index in [2.05, 4.69) is 22.1 Å². The van der Waals surface area contributed by atoms with Gasteiger partial charge in [0.1, 0.15) is 10.6 Å². The van der Waals surface area contributed by atoms with Crippen LogP contribution in [0.5, 0.6) is 5.75 Å². The van der Waals surface area contributed by atoms with E-state index in [1.165, 1.54) is 11.3 Å². The Morgan fingerprint density at radius 3 is 2.47 bits per heavy atom. The average Bonchev–Trinajstić information content (AvgIpc) is 3.40. The number of rotatable bonds is 4. The number of thiophene rings is 1. The molecule has 0 saturated carbocycles. The van der Waals surface area contributed by atoms with Crippen molar-refractivity contribution in [2.24, 2.45) is 0 Å². The SMILES string of the molecule is COc1ccc(N2CCN(C(=O)c3cc4c(C)nn(-c5ccccc5Cl)c4s3)CC2)cc1. The number of anilines is 1. The minimum absolute atomic E-state index is 0.0747. The lowest BCUT2D eigenvalue weighted by Gasteiger charge is -2.36. The largest absolute Gasteiger partial charge is 0.497 e. The van der Waals surface area contributed by atoms with Crippen LogP contribution >= 0.6 is 22.9 Å². The Balaban J connectivity index is 1.34. The van der Waals surface area contributed by atoms with Crippen molar-refractivity contribution in [2.75, 3.05) is 38.2 Å². The van der Waals surface area contributed by atoms with Crippen LogP contribution in [-0.4, -0.2) is 53.9 Å². The molecule has 32 heavy (non-hydrogen) atoms. The molecule has 0 N–H and O–H groups in total. The highest BCUT2D eigenvalue weighted by atomic mass is 35.5. The second-order valence-electron chi connectivity index (χ2n) is 7.76. The fourth-order valence-corrected chi connectivity index (χ4v) is 5.42. The van der Waals surface area contributed by atoms with Crippen LogP contribution in [0.2, 0.25) is 5.02 Å². The van der Waals surface area contributed by atoms with E-state index in [1.807, 2.05) is 59.0 Å². The molecule has 0 atom stereocenters. The summed E-state index contributed by atoms with van der Waals surface area (Å²) in [6.45, 7) is 4.94. The first-order valence-electron chi connectivity index (χ1n) is 10.5. The van der Waals surface area contributed by atoms with Gasteiger partial charge in [-0.05, 0) is 49.4 Å². The maximum Gasteiger partial charge on any atom is 0.264 e. The summed E-state index contributed by atoms with van der Waals surface area (Å²) in [5.74, 6) is 0.920. The van der Waals surface area contributed by atoms with Gasteiger partial charge in [0.2, 0.25) is 0 Å². The molecule has 8 heteroatoms. The maximum atomic E-state index is 13.3. The molecule has 1 saturated heterocycles. The Labute approximate surface area is 195 Å². The molecule has 0 spiro atoms. The number of carbonyl (C=O) groups excluding carboxylic acids is 1. The summed E-state index contributed by atoms with van der Waals surface area (Å²) >= 11 is 7.87. The van der Waals surface area contributed by atoms with Crippen LogP contribution in [0.1, 0.15) is 15.4 Å². The number of hydrogen-bond donors (Lipinski definition) is 0. The number of fused-ring (bicyclic) bond motifs is 1. The lowest BCUT2D eigenvalue weighted by atomic mass is 10.2. The van der Waals surface area contributed by atoms with Gasteiger partial charge in [0.25, 0.3) is 5.91 Å². The fraction of sp³-hybridized carbons (Fsp3) is 0.250. The Morgan fingerprint density at radius 1 is 1.06 bits per heavy atom. The molecule has 0 bridgehead atoms. The molecule has 1 aliphatic rings. The van der Waals surface area contributed by atoms with Crippen LogP contribution in [-0.2, 0) is 0 Å². The van der Waals surface area contributed by atoms with Gasteiger partial charge < -0.3 is 14.5 Å². The molecule has 164 valence electrons. The van der Waals surface area contributed by atoms with Crippen LogP contribution in [0.25, 0.3) is 15.9 Å². The van der Waals surface area contributed by atoms with E-state index in [0.717, 1.165) is 51.0 Å². The fourth-order valence-electron chi connectivity index (χ4n) is 4.06. The summed E-state index contributed by atoms with van der Waals surface area (Å²) in [7, 11) is 1.67. The molecule has 2 aromatic heterocycles. The Morgan fingerprint density at radius 2 is 1.78 bits per heavy atom. The van der Waals surface area contributed by atoms with E-state index in [9.17, 15) is 4.79 Å². The Bertz CT molecular complexity index is 1270. The molecular weight excluding hydrogens is 444 g/mol. The summed E-state index contributed by atoms with van der Waals surface area (Å²) in [5, 5.41) is 6.28. The van der Waals surface area contributed by atoms with Crippen LogP contribution in [0.15, 0.2) is 54.6 Å². The van der Waals surface area contributed by atoms with E-state index in [4.69, 9.17) is 16.3 Å². The number of aryl methyl sites for hydroxylation is 1. The number of benzene rings is 2. The summed E-state index contributed by atoms with van der Waals surface area (Å²) in [6.07, 6.45) is 0. The van der Waals surface area contributed by atoms with Crippen molar-refractivity contribution in [1.29, 1.82) is 0 Å². The molecule has 1 aliphatic heterocycles. The van der Waals surface area contributed by atoms with E-state index < -0.39 is 0 Å². The van der Waals surface area contributed by atoms with Gasteiger partial charge >= 0.3 is 0 Å². The number of aromatic nitrogens is 2. The first kappa shape index (κ1) is 20.8. The first-order valence-corrected chi connectivity index (χ1v) is 11.7. The maximum absolute atomic E-state index is 13.3. The minimum Gasteiger partial charge on any atom is -0.497 e. The standard InChI is InChI=1S/C24H23ClN4O2S/c1-16-19-15-22(32-24(19)29(26-16)21-6-4-3-5-20(21)25)23(30)28-13-11-27(12-14-28)17-7-9-18(31-2)10-8-17/h3-10,15H,11-14H2,1-2H3. The second kappa shape index (κ2) is 8.48. The third kappa shape index (κ3) is 3.72. The van der Waals surface area contributed by atoms with Gasteiger partial charge in [-0.2, -0.15) is 5.10 Å². The number of nitrogens with zero attached hydrogens (tertiary/aromatic N) is 4. The van der Waals surface area contributed by atoms with Gasteiger partial charge in [-0.25, -0.2) is 4.68 Å². The zero-order valence-corrected chi connectivity index (χ0v) is 19.5. The predicted octanol–water partition coefficient (Wildman–Crippen LogP) is 5.02. The zero-order valence-electron chi connectivity index (χ0n) is 17.9. The van der Waals surface area contributed by atoms with Gasteiger partial charge in [-0.3, -0.25) is 4.79 Å². The summed E-state index contributed by atoms with van der Waals surface area (Å²) in [6, 6.07) is 17.6. The highest BCUT2D eigenvalue weighted by molar-refractivity contribution is 7.20. The molecule has 5 rings (SSSR count). The smallest absolute Gasteiger partial charge is 0.264 e. The molecule has 0 radical (unpaired) electrons. The van der Waals surface area contributed by atoms with Gasteiger partial charge in [0.05, 0.1) is 28.4 Å². The molecule has 1 fully saturated rings. The number of para-hydroxylation sites is 1. The average molecular weight is 467 g/mol. The molecule has 4 aromatic rings. The molecule has 3 heterocycles. The van der Waals surface area contributed by atoms with Crippen LogP contribution < -0.4 is 9.64 Å². The third-order valence-corrected chi connectivity index (χ3v) is 7.26. The number of ether oxygens (including phenoxy) is 1. The lowest BCUT2D eigenvalue weighted by molar-refractivity contribution is 0.0751.